The second kappa shape index (κ2) is 5.81. The van der Waals surface area contributed by atoms with E-state index in [0.29, 0.717) is 23.0 Å². The van der Waals surface area contributed by atoms with Gasteiger partial charge in [-0.3, -0.25) is 9.59 Å². The predicted molar refractivity (Wildman–Crippen MR) is 78.0 cm³/mol. The van der Waals surface area contributed by atoms with Crippen LogP contribution in [0.5, 0.6) is 0 Å². The van der Waals surface area contributed by atoms with E-state index in [1.807, 2.05) is 4.90 Å². The molecule has 0 aliphatic carbocycles. The zero-order chi connectivity index (χ0) is 13.4. The summed E-state index contributed by atoms with van der Waals surface area (Å²) in [5.74, 6) is 0.640. The maximum Gasteiger partial charge on any atom is 0.253 e. The Morgan fingerprint density at radius 1 is 1.15 bits per heavy atom. The molecule has 2 aliphatic rings. The van der Waals surface area contributed by atoms with Crippen LogP contribution in [0.2, 0.25) is 0 Å². The lowest BCUT2D eigenvalue weighted by molar-refractivity contribution is 0.0781. The molecule has 0 bridgehead atoms. The molecule has 2 atom stereocenters. The number of rotatable bonds is 2. The first-order valence-electron chi connectivity index (χ1n) is 6.55. The SMILES string of the molecule is Cl.NC(=O)c1cccc(C(=O)N2C[C@H]3CNC[C@H]3C2)c1. The van der Waals surface area contributed by atoms with Crippen LogP contribution in [0.1, 0.15) is 20.7 Å². The second-order valence-electron chi connectivity index (χ2n) is 5.33. The Bertz CT molecular complexity index is 523. The summed E-state index contributed by atoms with van der Waals surface area (Å²) in [4.78, 5) is 25.4. The Balaban J connectivity index is 0.00000147. The minimum atomic E-state index is -0.503. The number of nitrogens with two attached hydrogens (primary N) is 1. The summed E-state index contributed by atoms with van der Waals surface area (Å²) in [7, 11) is 0. The van der Waals surface area contributed by atoms with E-state index in [2.05, 4.69) is 5.32 Å². The van der Waals surface area contributed by atoms with Crippen molar-refractivity contribution in [3.63, 3.8) is 0 Å². The third-order valence-electron chi connectivity index (χ3n) is 4.07. The molecule has 0 aromatic heterocycles. The van der Waals surface area contributed by atoms with E-state index in [0.717, 1.165) is 26.2 Å². The summed E-state index contributed by atoms with van der Waals surface area (Å²) >= 11 is 0. The van der Waals surface area contributed by atoms with E-state index in [-0.39, 0.29) is 18.3 Å². The standard InChI is InChI=1S/C14H17N3O2.ClH/c15-13(18)9-2-1-3-10(4-9)14(19)17-7-11-5-16-6-12(11)8-17;/h1-4,11-12,16H,5-8H2,(H2,15,18);1H/t11-,12+;. The highest BCUT2D eigenvalue weighted by Gasteiger charge is 2.38. The van der Waals surface area contributed by atoms with Gasteiger partial charge in [0.25, 0.3) is 5.91 Å². The summed E-state index contributed by atoms with van der Waals surface area (Å²) in [5.41, 5.74) is 6.17. The normalized spacial score (nSPS) is 24.1. The number of halogens is 1. The van der Waals surface area contributed by atoms with E-state index in [9.17, 15) is 9.59 Å². The molecule has 1 aromatic rings. The number of fused-ring (bicyclic) bond motifs is 1. The largest absolute Gasteiger partial charge is 0.366 e. The van der Waals surface area contributed by atoms with Crippen LogP contribution in [0.25, 0.3) is 0 Å². The quantitative estimate of drug-likeness (QED) is 0.834. The van der Waals surface area contributed by atoms with Crippen molar-refractivity contribution in [2.24, 2.45) is 17.6 Å². The predicted octanol–water partition coefficient (Wildman–Crippen LogP) is 0.499. The maximum absolute atomic E-state index is 12.4. The van der Waals surface area contributed by atoms with Crippen molar-refractivity contribution in [1.82, 2.24) is 10.2 Å². The summed E-state index contributed by atoms with van der Waals surface area (Å²) in [6.45, 7) is 3.60. The average molecular weight is 296 g/mol. The number of benzene rings is 1. The molecule has 2 saturated heterocycles. The fourth-order valence-electron chi connectivity index (χ4n) is 3.01. The molecule has 2 heterocycles. The lowest BCUT2D eigenvalue weighted by atomic mass is 10.0. The summed E-state index contributed by atoms with van der Waals surface area (Å²) in [6, 6.07) is 6.64. The summed E-state index contributed by atoms with van der Waals surface area (Å²) in [6.07, 6.45) is 0. The molecule has 3 N–H and O–H groups in total. The van der Waals surface area contributed by atoms with Crippen molar-refractivity contribution in [3.8, 4) is 0 Å². The van der Waals surface area contributed by atoms with Crippen LogP contribution in [-0.2, 0) is 0 Å². The Morgan fingerprint density at radius 2 is 1.75 bits per heavy atom. The molecule has 6 heteroatoms. The number of nitrogens with zero attached hydrogens (tertiary/aromatic N) is 1. The van der Waals surface area contributed by atoms with Gasteiger partial charge in [0.2, 0.25) is 5.91 Å². The first-order valence-corrected chi connectivity index (χ1v) is 6.55. The number of hydrogen-bond acceptors (Lipinski definition) is 3. The molecule has 2 amide bonds. The minimum absolute atomic E-state index is 0. The monoisotopic (exact) mass is 295 g/mol. The van der Waals surface area contributed by atoms with Gasteiger partial charge < -0.3 is 16.0 Å². The smallest absolute Gasteiger partial charge is 0.253 e. The van der Waals surface area contributed by atoms with Gasteiger partial charge in [0.05, 0.1) is 0 Å². The molecule has 0 radical (unpaired) electrons. The first-order chi connectivity index (χ1) is 9.15. The highest BCUT2D eigenvalue weighted by Crippen LogP contribution is 2.27. The number of primary amides is 1. The topological polar surface area (TPSA) is 75.4 Å². The van der Waals surface area contributed by atoms with Crippen molar-refractivity contribution >= 4 is 24.2 Å². The zero-order valence-electron chi connectivity index (χ0n) is 11.0. The summed E-state index contributed by atoms with van der Waals surface area (Å²) < 4.78 is 0. The van der Waals surface area contributed by atoms with Crippen molar-refractivity contribution in [3.05, 3.63) is 35.4 Å². The van der Waals surface area contributed by atoms with Gasteiger partial charge in [-0.15, -0.1) is 12.4 Å². The van der Waals surface area contributed by atoms with E-state index in [1.54, 1.807) is 24.3 Å². The molecule has 108 valence electrons. The molecule has 1 aromatic carbocycles. The minimum Gasteiger partial charge on any atom is -0.366 e. The van der Waals surface area contributed by atoms with Crippen LogP contribution in [0.4, 0.5) is 0 Å². The average Bonchev–Trinajstić information content (AvgIpc) is 2.98. The van der Waals surface area contributed by atoms with Crippen LogP contribution < -0.4 is 11.1 Å². The van der Waals surface area contributed by atoms with Crippen LogP contribution >= 0.6 is 12.4 Å². The number of likely N-dealkylation sites (tertiary alicyclic amines) is 1. The Hall–Kier alpha value is -1.59. The first kappa shape index (κ1) is 14.8. The fraction of sp³-hybridized carbons (Fsp3) is 0.429. The Morgan fingerprint density at radius 3 is 2.35 bits per heavy atom. The van der Waals surface area contributed by atoms with Gasteiger partial charge in [0.1, 0.15) is 0 Å². The fourth-order valence-corrected chi connectivity index (χ4v) is 3.01. The van der Waals surface area contributed by atoms with Crippen molar-refractivity contribution in [2.75, 3.05) is 26.2 Å². The Labute approximate surface area is 123 Å². The number of hydrogen-bond donors (Lipinski definition) is 2. The highest BCUT2D eigenvalue weighted by atomic mass is 35.5. The molecule has 5 nitrogen and oxygen atoms in total. The van der Waals surface area contributed by atoms with Crippen molar-refractivity contribution < 1.29 is 9.59 Å². The number of carbonyl (C=O) groups excluding carboxylic acids is 2. The van der Waals surface area contributed by atoms with Gasteiger partial charge in [0, 0.05) is 37.3 Å². The molecule has 3 rings (SSSR count). The van der Waals surface area contributed by atoms with Crippen LogP contribution in [0.3, 0.4) is 0 Å². The van der Waals surface area contributed by atoms with Gasteiger partial charge in [-0.25, -0.2) is 0 Å². The molecular weight excluding hydrogens is 278 g/mol. The van der Waals surface area contributed by atoms with Gasteiger partial charge >= 0.3 is 0 Å². The number of amides is 2. The van der Waals surface area contributed by atoms with Gasteiger partial charge in [-0.2, -0.15) is 0 Å². The van der Waals surface area contributed by atoms with Gasteiger partial charge in [-0.05, 0) is 30.0 Å². The molecule has 2 fully saturated rings. The molecule has 0 unspecified atom stereocenters. The van der Waals surface area contributed by atoms with E-state index < -0.39 is 5.91 Å². The zero-order valence-corrected chi connectivity index (χ0v) is 11.9. The molecule has 0 spiro atoms. The van der Waals surface area contributed by atoms with Crippen molar-refractivity contribution in [2.45, 2.75) is 0 Å². The third kappa shape index (κ3) is 2.64. The second-order valence-corrected chi connectivity index (χ2v) is 5.33. The van der Waals surface area contributed by atoms with E-state index in [4.69, 9.17) is 5.73 Å². The maximum atomic E-state index is 12.4. The number of nitrogens with one attached hydrogen (secondary N) is 1. The number of carbonyl (C=O) groups is 2. The highest BCUT2D eigenvalue weighted by molar-refractivity contribution is 5.99. The molecule has 2 aliphatic heterocycles. The molecule has 0 saturated carbocycles. The molecular formula is C14H18ClN3O2. The van der Waals surface area contributed by atoms with Crippen LogP contribution in [0, 0.1) is 11.8 Å². The van der Waals surface area contributed by atoms with E-state index >= 15 is 0 Å². The van der Waals surface area contributed by atoms with Gasteiger partial charge in [0.15, 0.2) is 0 Å². The third-order valence-corrected chi connectivity index (χ3v) is 4.07. The van der Waals surface area contributed by atoms with E-state index in [1.165, 1.54) is 0 Å². The van der Waals surface area contributed by atoms with Crippen LogP contribution in [0.15, 0.2) is 24.3 Å². The van der Waals surface area contributed by atoms with Crippen molar-refractivity contribution in [1.29, 1.82) is 0 Å². The Kier molecular flexibility index (Phi) is 4.30. The van der Waals surface area contributed by atoms with Crippen LogP contribution in [-0.4, -0.2) is 42.9 Å². The summed E-state index contributed by atoms with van der Waals surface area (Å²) in [5, 5.41) is 3.35. The lowest BCUT2D eigenvalue weighted by Crippen LogP contribution is -2.32. The molecule has 20 heavy (non-hydrogen) atoms. The lowest BCUT2D eigenvalue weighted by Gasteiger charge is -2.17. The van der Waals surface area contributed by atoms with Gasteiger partial charge in [-0.1, -0.05) is 6.07 Å².